The van der Waals surface area contributed by atoms with Gasteiger partial charge < -0.3 is 0 Å². The second kappa shape index (κ2) is 3.58. The maximum atomic E-state index is 12.7. The molecule has 1 aromatic rings. The van der Waals surface area contributed by atoms with Crippen LogP contribution in [0.5, 0.6) is 0 Å². The SMILES string of the molecule is O=S(CC1CC1)c1cccc(F)c1. The molecular weight excluding hydrogens is 187 g/mol. The maximum absolute atomic E-state index is 12.7. The van der Waals surface area contributed by atoms with Gasteiger partial charge in [0.1, 0.15) is 5.82 Å². The van der Waals surface area contributed by atoms with Crippen molar-refractivity contribution in [3.8, 4) is 0 Å². The molecule has 0 heterocycles. The van der Waals surface area contributed by atoms with Gasteiger partial charge in [0.05, 0.1) is 10.8 Å². The van der Waals surface area contributed by atoms with E-state index in [1.165, 1.54) is 25.0 Å². The Labute approximate surface area is 79.4 Å². The lowest BCUT2D eigenvalue weighted by Gasteiger charge is -2.00. The van der Waals surface area contributed by atoms with Gasteiger partial charge in [-0.3, -0.25) is 4.21 Å². The molecule has 0 bridgehead atoms. The summed E-state index contributed by atoms with van der Waals surface area (Å²) in [4.78, 5) is 0.618. The number of halogens is 1. The molecule has 1 nitrogen and oxygen atoms in total. The van der Waals surface area contributed by atoms with Crippen LogP contribution in [0.15, 0.2) is 29.2 Å². The predicted octanol–water partition coefficient (Wildman–Crippen LogP) is 2.34. The van der Waals surface area contributed by atoms with E-state index in [-0.39, 0.29) is 5.82 Å². The lowest BCUT2D eigenvalue weighted by molar-refractivity contribution is 0.622. The second-order valence-electron chi connectivity index (χ2n) is 3.41. The summed E-state index contributed by atoms with van der Waals surface area (Å²) in [6, 6.07) is 6.06. The van der Waals surface area contributed by atoms with Gasteiger partial charge in [-0.15, -0.1) is 0 Å². The lowest BCUT2D eigenvalue weighted by Crippen LogP contribution is -1.99. The molecule has 70 valence electrons. The van der Waals surface area contributed by atoms with Crippen LogP contribution in [-0.4, -0.2) is 9.96 Å². The van der Waals surface area contributed by atoms with Crippen molar-refractivity contribution in [3.63, 3.8) is 0 Å². The minimum atomic E-state index is -1.00. The molecule has 2 rings (SSSR count). The molecule has 3 heteroatoms. The average Bonchev–Trinajstić information content (AvgIpc) is 2.88. The van der Waals surface area contributed by atoms with Crippen LogP contribution < -0.4 is 0 Å². The van der Waals surface area contributed by atoms with Crippen LogP contribution in [0.25, 0.3) is 0 Å². The third-order valence-electron chi connectivity index (χ3n) is 2.14. The number of hydrogen-bond acceptors (Lipinski definition) is 1. The Balaban J connectivity index is 2.09. The molecule has 1 unspecified atom stereocenters. The topological polar surface area (TPSA) is 17.1 Å². The predicted molar refractivity (Wildman–Crippen MR) is 50.4 cm³/mol. The van der Waals surface area contributed by atoms with Crippen molar-refractivity contribution < 1.29 is 8.60 Å². The zero-order valence-electron chi connectivity index (χ0n) is 7.20. The Kier molecular flexibility index (Phi) is 2.44. The zero-order chi connectivity index (χ0) is 9.26. The minimum Gasteiger partial charge on any atom is -0.254 e. The van der Waals surface area contributed by atoms with E-state index < -0.39 is 10.8 Å². The summed E-state index contributed by atoms with van der Waals surface area (Å²) in [7, 11) is -1.00. The van der Waals surface area contributed by atoms with Crippen molar-refractivity contribution in [2.75, 3.05) is 5.75 Å². The third-order valence-corrected chi connectivity index (χ3v) is 3.70. The van der Waals surface area contributed by atoms with E-state index in [4.69, 9.17) is 0 Å². The highest BCUT2D eigenvalue weighted by molar-refractivity contribution is 7.85. The van der Waals surface area contributed by atoms with Crippen LogP contribution in [0.3, 0.4) is 0 Å². The van der Waals surface area contributed by atoms with E-state index in [2.05, 4.69) is 0 Å². The molecule has 0 N–H and O–H groups in total. The standard InChI is InChI=1S/C10H11FOS/c11-9-2-1-3-10(6-9)13(12)7-8-4-5-8/h1-3,6,8H,4-5,7H2. The number of benzene rings is 1. The second-order valence-corrected chi connectivity index (χ2v) is 4.91. The van der Waals surface area contributed by atoms with Crippen LogP contribution in [0.1, 0.15) is 12.8 Å². The highest BCUT2D eigenvalue weighted by Gasteiger charge is 2.24. The van der Waals surface area contributed by atoms with Crippen molar-refractivity contribution in [2.24, 2.45) is 5.92 Å². The van der Waals surface area contributed by atoms with Crippen LogP contribution in [0.4, 0.5) is 4.39 Å². The van der Waals surface area contributed by atoms with E-state index in [0.29, 0.717) is 16.6 Å². The third kappa shape index (κ3) is 2.37. The quantitative estimate of drug-likeness (QED) is 0.728. The molecule has 1 aliphatic carbocycles. The fourth-order valence-electron chi connectivity index (χ4n) is 1.20. The molecule has 1 aliphatic rings. The van der Waals surface area contributed by atoms with Gasteiger partial charge in [-0.2, -0.15) is 0 Å². The molecule has 0 radical (unpaired) electrons. The van der Waals surface area contributed by atoms with Crippen LogP contribution >= 0.6 is 0 Å². The first-order valence-electron chi connectivity index (χ1n) is 4.39. The Hall–Kier alpha value is -0.700. The minimum absolute atomic E-state index is 0.304. The largest absolute Gasteiger partial charge is 0.254 e. The number of rotatable bonds is 3. The van der Waals surface area contributed by atoms with Crippen LogP contribution in [0.2, 0.25) is 0 Å². The van der Waals surface area contributed by atoms with Gasteiger partial charge >= 0.3 is 0 Å². The summed E-state index contributed by atoms with van der Waals surface area (Å²) in [6.07, 6.45) is 2.36. The van der Waals surface area contributed by atoms with Gasteiger partial charge in [-0.25, -0.2) is 4.39 Å². The normalized spacial score (nSPS) is 18.5. The molecule has 0 aliphatic heterocycles. The molecule has 13 heavy (non-hydrogen) atoms. The van der Waals surface area contributed by atoms with Crippen molar-refractivity contribution in [3.05, 3.63) is 30.1 Å². The van der Waals surface area contributed by atoms with Crippen LogP contribution in [0, 0.1) is 11.7 Å². The van der Waals surface area contributed by atoms with Gasteiger partial charge in [0, 0.05) is 10.6 Å². The Bertz CT molecular complexity index is 333. The van der Waals surface area contributed by atoms with Gasteiger partial charge in [0.15, 0.2) is 0 Å². The molecule has 0 aromatic heterocycles. The number of hydrogen-bond donors (Lipinski definition) is 0. The summed E-state index contributed by atoms with van der Waals surface area (Å²) in [5, 5.41) is 0. The molecule has 0 saturated heterocycles. The van der Waals surface area contributed by atoms with Crippen molar-refractivity contribution >= 4 is 10.8 Å². The lowest BCUT2D eigenvalue weighted by atomic mass is 10.4. The summed E-state index contributed by atoms with van der Waals surface area (Å²) in [5.41, 5.74) is 0. The highest BCUT2D eigenvalue weighted by atomic mass is 32.2. The first-order valence-corrected chi connectivity index (χ1v) is 5.71. The fourth-order valence-corrected chi connectivity index (χ4v) is 2.63. The molecule has 0 amide bonds. The Morgan fingerprint density at radius 1 is 1.46 bits per heavy atom. The highest BCUT2D eigenvalue weighted by Crippen LogP contribution is 2.30. The van der Waals surface area contributed by atoms with E-state index >= 15 is 0 Å². The first-order chi connectivity index (χ1) is 6.25. The fraction of sp³-hybridized carbons (Fsp3) is 0.400. The van der Waals surface area contributed by atoms with Gasteiger partial charge in [0.25, 0.3) is 0 Å². The summed E-state index contributed by atoms with van der Waals surface area (Å²) in [6.45, 7) is 0. The van der Waals surface area contributed by atoms with Crippen molar-refractivity contribution in [1.82, 2.24) is 0 Å². The zero-order valence-corrected chi connectivity index (χ0v) is 8.02. The van der Waals surface area contributed by atoms with Gasteiger partial charge in [0.2, 0.25) is 0 Å². The van der Waals surface area contributed by atoms with Gasteiger partial charge in [-0.05, 0) is 37.0 Å². The van der Waals surface area contributed by atoms with E-state index in [1.807, 2.05) is 0 Å². The Morgan fingerprint density at radius 3 is 2.85 bits per heavy atom. The summed E-state index contributed by atoms with van der Waals surface area (Å²) >= 11 is 0. The maximum Gasteiger partial charge on any atom is 0.124 e. The van der Waals surface area contributed by atoms with E-state index in [1.54, 1.807) is 12.1 Å². The molecule has 1 aromatic carbocycles. The van der Waals surface area contributed by atoms with Crippen molar-refractivity contribution in [2.45, 2.75) is 17.7 Å². The van der Waals surface area contributed by atoms with Gasteiger partial charge in [-0.1, -0.05) is 6.07 Å². The molecule has 1 atom stereocenters. The monoisotopic (exact) mass is 198 g/mol. The smallest absolute Gasteiger partial charge is 0.124 e. The van der Waals surface area contributed by atoms with Crippen molar-refractivity contribution in [1.29, 1.82) is 0 Å². The van der Waals surface area contributed by atoms with E-state index in [9.17, 15) is 8.60 Å². The average molecular weight is 198 g/mol. The molecule has 1 fully saturated rings. The molecular formula is C10H11FOS. The Morgan fingerprint density at radius 2 is 2.23 bits per heavy atom. The molecule has 1 saturated carbocycles. The van der Waals surface area contributed by atoms with E-state index in [0.717, 1.165) is 0 Å². The summed E-state index contributed by atoms with van der Waals surface area (Å²) in [5.74, 6) is 1.01. The molecule has 0 spiro atoms. The first kappa shape index (κ1) is 8.88. The summed E-state index contributed by atoms with van der Waals surface area (Å²) < 4.78 is 24.3. The van der Waals surface area contributed by atoms with Crippen LogP contribution in [-0.2, 0) is 10.8 Å².